The second-order valence-corrected chi connectivity index (χ2v) is 9.52. The maximum absolute atomic E-state index is 14.6. The van der Waals surface area contributed by atoms with E-state index in [1.165, 1.54) is 12.1 Å². The van der Waals surface area contributed by atoms with Crippen LogP contribution in [0.5, 0.6) is 5.75 Å². The number of hydrogen-bond donors (Lipinski definition) is 1. The molecule has 0 aliphatic rings. The fourth-order valence-corrected chi connectivity index (χ4v) is 3.34. The van der Waals surface area contributed by atoms with Crippen molar-refractivity contribution in [1.82, 2.24) is 4.72 Å². The summed E-state index contributed by atoms with van der Waals surface area (Å²) in [6.45, 7) is 7.66. The highest BCUT2D eigenvalue weighted by Crippen LogP contribution is 2.27. The molecule has 0 aliphatic carbocycles. The number of nitrogens with one attached hydrogen (secondary N) is 1. The van der Waals surface area contributed by atoms with Gasteiger partial charge in [-0.25, -0.2) is 4.39 Å². The third kappa shape index (κ3) is 7.34. The van der Waals surface area contributed by atoms with Gasteiger partial charge in [-0.15, -0.1) is 4.72 Å². The van der Waals surface area contributed by atoms with E-state index >= 15 is 0 Å². The molecule has 0 aliphatic heterocycles. The van der Waals surface area contributed by atoms with Crippen molar-refractivity contribution in [2.45, 2.75) is 51.5 Å². The Kier molecular flexibility index (Phi) is 8.49. The zero-order chi connectivity index (χ0) is 21.4. The Morgan fingerprint density at radius 3 is 2.48 bits per heavy atom. The second kappa shape index (κ2) is 10.6. The molecule has 1 unspecified atom stereocenters. The number of carbonyl (C=O) groups is 1. The number of carbonyl (C=O) groups excluding carboxylic acids is 1. The molecule has 0 saturated heterocycles. The maximum Gasteiger partial charge on any atom is 0.307 e. The van der Waals surface area contributed by atoms with Crippen LogP contribution in [0.2, 0.25) is 0 Å². The fraction of sp³-hybridized carbons (Fsp3) is 0.409. The van der Waals surface area contributed by atoms with Crippen molar-refractivity contribution in [3.63, 3.8) is 0 Å². The number of rotatable bonds is 9. The lowest BCUT2D eigenvalue weighted by atomic mass is 10.0. The van der Waals surface area contributed by atoms with Crippen molar-refractivity contribution in [2.24, 2.45) is 0 Å². The molecule has 158 valence electrons. The van der Waals surface area contributed by atoms with Crippen LogP contribution in [0.15, 0.2) is 48.5 Å². The van der Waals surface area contributed by atoms with Gasteiger partial charge in [-0.3, -0.25) is 4.79 Å². The Morgan fingerprint density at radius 1 is 1.21 bits per heavy atom. The lowest BCUT2D eigenvalue weighted by molar-refractivity contribution is -0.143. The number of esters is 1. The molecule has 2 aromatic rings. The Hall–Kier alpha value is -2.09. The summed E-state index contributed by atoms with van der Waals surface area (Å²) in [5, 5.41) is 0. The minimum absolute atomic E-state index is 0.0562. The molecule has 29 heavy (non-hydrogen) atoms. The van der Waals surface area contributed by atoms with Crippen LogP contribution < -0.4 is 9.46 Å². The summed E-state index contributed by atoms with van der Waals surface area (Å²) >= 11 is -1.44. The van der Waals surface area contributed by atoms with Crippen LogP contribution in [0.25, 0.3) is 0 Å². The highest BCUT2D eigenvalue weighted by Gasteiger charge is 2.31. The normalized spacial score (nSPS) is 13.6. The van der Waals surface area contributed by atoms with Gasteiger partial charge in [-0.1, -0.05) is 36.4 Å². The first-order valence-corrected chi connectivity index (χ1v) is 10.7. The summed E-state index contributed by atoms with van der Waals surface area (Å²) in [4.78, 5) is 12.0. The number of halogens is 1. The average molecular weight is 422 g/mol. The zero-order valence-corrected chi connectivity index (χ0v) is 18.1. The molecule has 2 atom stereocenters. The summed E-state index contributed by atoms with van der Waals surface area (Å²) in [6.07, 6.45) is -0.0562. The summed E-state index contributed by atoms with van der Waals surface area (Å²) in [5.74, 6) is -0.874. The van der Waals surface area contributed by atoms with Crippen molar-refractivity contribution in [3.8, 4) is 5.75 Å². The Morgan fingerprint density at radius 2 is 1.90 bits per heavy atom. The van der Waals surface area contributed by atoms with Crippen LogP contribution in [-0.2, 0) is 27.5 Å². The predicted molar refractivity (Wildman–Crippen MR) is 112 cm³/mol. The first kappa shape index (κ1) is 23.2. The standard InChI is InChI=1S/C22H28FNO4S/c1-5-27-21(25)14-19(24-29(26)22(2,3)4)17-11-12-20(18(23)13-17)28-15-16-9-7-6-8-10-16/h6-13,19,24H,5,14-15H2,1-4H3/t19-,29?/m0/s1. The van der Waals surface area contributed by atoms with E-state index in [2.05, 4.69) is 4.72 Å². The molecule has 0 aromatic heterocycles. The third-order valence-electron chi connectivity index (χ3n) is 4.08. The van der Waals surface area contributed by atoms with Crippen molar-refractivity contribution in [3.05, 3.63) is 65.5 Å². The van der Waals surface area contributed by atoms with E-state index in [-0.39, 0.29) is 25.4 Å². The summed E-state index contributed by atoms with van der Waals surface area (Å²) in [5.41, 5.74) is 1.43. The smallest absolute Gasteiger partial charge is 0.307 e. The Labute approximate surface area is 174 Å². The molecule has 0 radical (unpaired) electrons. The van der Waals surface area contributed by atoms with E-state index in [4.69, 9.17) is 9.47 Å². The van der Waals surface area contributed by atoms with Gasteiger partial charge in [0.05, 0.1) is 19.1 Å². The molecule has 2 rings (SSSR count). The van der Waals surface area contributed by atoms with E-state index in [1.807, 2.05) is 51.1 Å². The molecular formula is C22H28FNO4S. The van der Waals surface area contributed by atoms with Crippen LogP contribution in [0, 0.1) is 5.82 Å². The quantitative estimate of drug-likeness (QED) is 0.478. The van der Waals surface area contributed by atoms with Gasteiger partial charge in [0, 0.05) is 11.4 Å². The number of ether oxygens (including phenoxy) is 2. The van der Waals surface area contributed by atoms with Gasteiger partial charge in [0.2, 0.25) is 0 Å². The summed E-state index contributed by atoms with van der Waals surface area (Å²) in [6, 6.07) is 13.3. The molecule has 1 N–H and O–H groups in total. The zero-order valence-electron chi connectivity index (χ0n) is 17.2. The van der Waals surface area contributed by atoms with Gasteiger partial charge in [0.1, 0.15) is 11.4 Å². The molecular weight excluding hydrogens is 393 g/mol. The molecule has 7 heteroatoms. The highest BCUT2D eigenvalue weighted by atomic mass is 32.2. The highest BCUT2D eigenvalue weighted by molar-refractivity contribution is 7.90. The van der Waals surface area contributed by atoms with Crippen LogP contribution in [0.4, 0.5) is 4.39 Å². The van der Waals surface area contributed by atoms with E-state index in [0.717, 1.165) is 5.56 Å². The van der Waals surface area contributed by atoms with Gasteiger partial charge in [-0.2, -0.15) is 0 Å². The Balaban J connectivity index is 2.16. The second-order valence-electron chi connectivity index (χ2n) is 7.52. The molecule has 0 saturated carbocycles. The molecule has 0 fully saturated rings. The average Bonchev–Trinajstić information content (AvgIpc) is 2.66. The lowest BCUT2D eigenvalue weighted by Gasteiger charge is -2.28. The van der Waals surface area contributed by atoms with E-state index in [1.54, 1.807) is 13.0 Å². The van der Waals surface area contributed by atoms with Crippen LogP contribution in [0.3, 0.4) is 0 Å². The largest absolute Gasteiger partial charge is 0.598 e. The summed E-state index contributed by atoms with van der Waals surface area (Å²) < 4.78 is 40.1. The maximum atomic E-state index is 14.6. The lowest BCUT2D eigenvalue weighted by Crippen LogP contribution is -2.42. The van der Waals surface area contributed by atoms with E-state index in [9.17, 15) is 13.7 Å². The van der Waals surface area contributed by atoms with Gasteiger partial charge in [0.15, 0.2) is 11.6 Å². The van der Waals surface area contributed by atoms with Gasteiger partial charge < -0.3 is 14.0 Å². The minimum atomic E-state index is -1.44. The van der Waals surface area contributed by atoms with Crippen molar-refractivity contribution >= 4 is 17.3 Å². The SMILES string of the molecule is CCOC(=O)C[C@H](N[S+]([O-])C(C)(C)C)c1ccc(OCc2ccccc2)c(F)c1. The predicted octanol–water partition coefficient (Wildman–Crippen LogP) is 4.45. The first-order valence-electron chi connectivity index (χ1n) is 9.50. The van der Waals surface area contributed by atoms with Crippen molar-refractivity contribution in [2.75, 3.05) is 6.61 Å². The topological polar surface area (TPSA) is 70.6 Å². The van der Waals surface area contributed by atoms with Gasteiger partial charge >= 0.3 is 5.97 Å². The van der Waals surface area contributed by atoms with Gasteiger partial charge in [-0.05, 0) is 51.0 Å². The number of hydrogen-bond acceptors (Lipinski definition) is 5. The van der Waals surface area contributed by atoms with Crippen LogP contribution >= 0.6 is 0 Å². The molecule has 0 bridgehead atoms. The number of benzene rings is 2. The van der Waals surface area contributed by atoms with Crippen molar-refractivity contribution < 1.29 is 23.2 Å². The van der Waals surface area contributed by atoms with Crippen molar-refractivity contribution in [1.29, 1.82) is 0 Å². The molecule has 0 spiro atoms. The fourth-order valence-electron chi connectivity index (χ4n) is 2.51. The monoisotopic (exact) mass is 421 g/mol. The minimum Gasteiger partial charge on any atom is -0.598 e. The van der Waals surface area contributed by atoms with Gasteiger partial charge in [0.25, 0.3) is 0 Å². The first-order chi connectivity index (χ1) is 13.7. The summed E-state index contributed by atoms with van der Waals surface area (Å²) in [7, 11) is 0. The molecule has 0 heterocycles. The molecule has 0 amide bonds. The Bertz CT molecular complexity index is 795. The van der Waals surface area contributed by atoms with Crippen LogP contribution in [0.1, 0.15) is 51.3 Å². The van der Waals surface area contributed by atoms with E-state index < -0.39 is 33.9 Å². The van der Waals surface area contributed by atoms with E-state index in [0.29, 0.717) is 5.56 Å². The van der Waals surface area contributed by atoms with Crippen LogP contribution in [-0.4, -0.2) is 21.9 Å². The third-order valence-corrected chi connectivity index (χ3v) is 5.69. The molecule has 2 aromatic carbocycles. The molecule has 5 nitrogen and oxygen atoms in total.